The Hall–Kier alpha value is -2.75. The fourth-order valence-corrected chi connectivity index (χ4v) is 5.23. The van der Waals surface area contributed by atoms with Gasteiger partial charge >= 0.3 is 0 Å². The van der Waals surface area contributed by atoms with Crippen LogP contribution in [0.25, 0.3) is 11.0 Å². The van der Waals surface area contributed by atoms with Crippen molar-refractivity contribution in [3.8, 4) is 0 Å². The van der Waals surface area contributed by atoms with E-state index in [-0.39, 0.29) is 17.2 Å². The minimum absolute atomic E-state index is 0.0667. The largest absolute Gasteiger partial charge is 0.356 e. The van der Waals surface area contributed by atoms with Gasteiger partial charge in [-0.15, -0.1) is 0 Å². The summed E-state index contributed by atoms with van der Waals surface area (Å²) in [7, 11) is -1.55. The Morgan fingerprint density at radius 1 is 1.10 bits per heavy atom. The summed E-state index contributed by atoms with van der Waals surface area (Å²) < 4.78 is 32.5. The molecule has 31 heavy (non-hydrogen) atoms. The average Bonchev–Trinajstić information content (AvgIpc) is 3.11. The lowest BCUT2D eigenvalue weighted by Gasteiger charge is -2.31. The Bertz CT molecular complexity index is 1210. The second-order valence-electron chi connectivity index (χ2n) is 8.04. The van der Waals surface area contributed by atoms with Gasteiger partial charge in [-0.05, 0) is 62.4 Å². The molecule has 0 unspecified atom stereocenters. The lowest BCUT2D eigenvalue weighted by atomic mass is 10.1. The number of hydrogen-bond donors (Lipinski definition) is 1. The van der Waals surface area contributed by atoms with Crippen LogP contribution >= 0.6 is 0 Å². The van der Waals surface area contributed by atoms with Gasteiger partial charge in [-0.1, -0.05) is 11.2 Å². The standard InChI is InChI=1S/C22H26N4O4S/c1-15-12-16(2)22-19(13-15)20(24-30-22)14-21(27)23-17-4-6-18(7-5-17)31(28,29)26-10-8-25(3)9-11-26/h4-7,12-13H,8-11,14H2,1-3H3,(H,23,27). The van der Waals surface area contributed by atoms with Gasteiger partial charge in [-0.3, -0.25) is 4.79 Å². The number of rotatable bonds is 5. The number of anilines is 1. The predicted molar refractivity (Wildman–Crippen MR) is 119 cm³/mol. The Morgan fingerprint density at radius 3 is 2.45 bits per heavy atom. The number of sulfonamides is 1. The first-order valence-corrected chi connectivity index (χ1v) is 11.6. The Kier molecular flexibility index (Phi) is 5.83. The van der Waals surface area contributed by atoms with Gasteiger partial charge in [0.1, 0.15) is 5.69 Å². The fraction of sp³-hybridized carbons (Fsp3) is 0.364. The van der Waals surface area contributed by atoms with E-state index in [1.165, 1.54) is 16.4 Å². The Balaban J connectivity index is 1.44. The van der Waals surface area contributed by atoms with E-state index in [4.69, 9.17) is 4.52 Å². The molecule has 0 atom stereocenters. The third-order valence-electron chi connectivity index (χ3n) is 5.54. The van der Waals surface area contributed by atoms with Crippen LogP contribution in [0.2, 0.25) is 0 Å². The maximum absolute atomic E-state index is 12.8. The maximum atomic E-state index is 12.8. The molecule has 1 aliphatic heterocycles. The monoisotopic (exact) mass is 442 g/mol. The average molecular weight is 443 g/mol. The van der Waals surface area contributed by atoms with Crippen molar-refractivity contribution >= 4 is 32.6 Å². The number of nitrogens with one attached hydrogen (secondary N) is 1. The molecule has 0 bridgehead atoms. The molecule has 0 spiro atoms. The summed E-state index contributed by atoms with van der Waals surface area (Å²) in [5.41, 5.74) is 3.85. The normalized spacial score (nSPS) is 16.0. The molecule has 1 amide bonds. The van der Waals surface area contributed by atoms with E-state index >= 15 is 0 Å². The minimum atomic E-state index is -3.53. The molecule has 1 N–H and O–H groups in total. The second kappa shape index (κ2) is 8.41. The van der Waals surface area contributed by atoms with Gasteiger partial charge in [0.25, 0.3) is 0 Å². The van der Waals surface area contributed by atoms with Crippen LogP contribution < -0.4 is 5.32 Å². The third-order valence-corrected chi connectivity index (χ3v) is 7.46. The van der Waals surface area contributed by atoms with Crippen LogP contribution in [0.3, 0.4) is 0 Å². The van der Waals surface area contributed by atoms with Crippen molar-refractivity contribution < 1.29 is 17.7 Å². The predicted octanol–water partition coefficient (Wildman–Crippen LogP) is 2.56. The number of likely N-dealkylation sites (N-methyl/N-ethyl adjacent to an activating group) is 1. The van der Waals surface area contributed by atoms with Crippen LogP contribution in [0.4, 0.5) is 5.69 Å². The van der Waals surface area contributed by atoms with Crippen molar-refractivity contribution in [2.75, 3.05) is 38.5 Å². The molecule has 0 saturated carbocycles. The van der Waals surface area contributed by atoms with Crippen molar-refractivity contribution in [1.29, 1.82) is 0 Å². The molecule has 1 saturated heterocycles. The number of fused-ring (bicyclic) bond motifs is 1. The molecule has 1 fully saturated rings. The third kappa shape index (κ3) is 4.48. The van der Waals surface area contributed by atoms with Gasteiger partial charge < -0.3 is 14.7 Å². The van der Waals surface area contributed by atoms with Gasteiger partial charge in [0.05, 0.1) is 11.3 Å². The zero-order valence-corrected chi connectivity index (χ0v) is 18.7. The van der Waals surface area contributed by atoms with Crippen LogP contribution in [-0.2, 0) is 21.2 Å². The van der Waals surface area contributed by atoms with E-state index in [9.17, 15) is 13.2 Å². The fourth-order valence-electron chi connectivity index (χ4n) is 3.81. The first-order valence-electron chi connectivity index (χ1n) is 10.2. The molecule has 4 rings (SSSR count). The number of aryl methyl sites for hydroxylation is 2. The van der Waals surface area contributed by atoms with E-state index in [1.807, 2.05) is 33.0 Å². The van der Waals surface area contributed by atoms with Crippen molar-refractivity contribution in [3.05, 3.63) is 53.2 Å². The molecular formula is C22H26N4O4S. The molecule has 8 nitrogen and oxygen atoms in total. The molecule has 164 valence electrons. The van der Waals surface area contributed by atoms with Crippen LogP contribution in [0.15, 0.2) is 45.8 Å². The highest BCUT2D eigenvalue weighted by Gasteiger charge is 2.27. The lowest BCUT2D eigenvalue weighted by molar-refractivity contribution is -0.115. The van der Waals surface area contributed by atoms with Crippen molar-refractivity contribution in [2.24, 2.45) is 0 Å². The molecule has 9 heteroatoms. The van der Waals surface area contributed by atoms with Crippen LogP contribution in [0.5, 0.6) is 0 Å². The molecule has 0 radical (unpaired) electrons. The van der Waals surface area contributed by atoms with E-state index in [2.05, 4.69) is 15.4 Å². The second-order valence-corrected chi connectivity index (χ2v) is 9.98. The first kappa shape index (κ1) is 21.5. The van der Waals surface area contributed by atoms with Gasteiger partial charge in [0.15, 0.2) is 5.58 Å². The topological polar surface area (TPSA) is 95.8 Å². The Labute approximate surface area is 181 Å². The highest BCUT2D eigenvalue weighted by Crippen LogP contribution is 2.25. The number of nitrogens with zero attached hydrogens (tertiary/aromatic N) is 3. The quantitative estimate of drug-likeness (QED) is 0.653. The van der Waals surface area contributed by atoms with E-state index in [0.29, 0.717) is 43.1 Å². The summed E-state index contributed by atoms with van der Waals surface area (Å²) in [5.74, 6) is -0.246. The van der Waals surface area contributed by atoms with Gasteiger partial charge in [0, 0.05) is 37.3 Å². The van der Waals surface area contributed by atoms with Crippen LogP contribution in [-0.4, -0.2) is 61.9 Å². The minimum Gasteiger partial charge on any atom is -0.356 e. The van der Waals surface area contributed by atoms with Crippen molar-refractivity contribution in [3.63, 3.8) is 0 Å². The van der Waals surface area contributed by atoms with Crippen LogP contribution in [0, 0.1) is 13.8 Å². The maximum Gasteiger partial charge on any atom is 0.243 e. The molecule has 2 heterocycles. The number of piperazine rings is 1. The molecular weight excluding hydrogens is 416 g/mol. The van der Waals surface area contributed by atoms with E-state index in [0.717, 1.165) is 16.5 Å². The molecule has 2 aromatic carbocycles. The van der Waals surface area contributed by atoms with Gasteiger partial charge in [0.2, 0.25) is 15.9 Å². The molecule has 1 aromatic heterocycles. The highest BCUT2D eigenvalue weighted by atomic mass is 32.2. The number of amides is 1. The number of carbonyl (C=O) groups is 1. The first-order chi connectivity index (χ1) is 14.7. The zero-order valence-electron chi connectivity index (χ0n) is 17.9. The lowest BCUT2D eigenvalue weighted by Crippen LogP contribution is -2.46. The summed E-state index contributed by atoms with van der Waals surface area (Å²) in [6, 6.07) is 10.2. The van der Waals surface area contributed by atoms with Gasteiger partial charge in [-0.2, -0.15) is 4.31 Å². The Morgan fingerprint density at radius 2 is 1.77 bits per heavy atom. The van der Waals surface area contributed by atoms with Crippen molar-refractivity contribution in [1.82, 2.24) is 14.4 Å². The zero-order chi connectivity index (χ0) is 22.2. The molecule has 1 aliphatic rings. The summed E-state index contributed by atoms with van der Waals surface area (Å²) in [6.07, 6.45) is 0.0667. The van der Waals surface area contributed by atoms with Crippen molar-refractivity contribution in [2.45, 2.75) is 25.2 Å². The highest BCUT2D eigenvalue weighted by molar-refractivity contribution is 7.89. The number of carbonyl (C=O) groups excluding carboxylic acids is 1. The van der Waals surface area contributed by atoms with Gasteiger partial charge in [-0.25, -0.2) is 8.42 Å². The number of benzene rings is 2. The number of hydrogen-bond acceptors (Lipinski definition) is 6. The molecule has 0 aliphatic carbocycles. The summed E-state index contributed by atoms with van der Waals surface area (Å²) in [4.78, 5) is 14.9. The smallest absolute Gasteiger partial charge is 0.243 e. The van der Waals surface area contributed by atoms with Crippen LogP contribution in [0.1, 0.15) is 16.8 Å². The summed E-state index contributed by atoms with van der Waals surface area (Å²) in [5, 5.41) is 7.70. The SMILES string of the molecule is Cc1cc(C)c2onc(CC(=O)Nc3ccc(S(=O)(=O)N4CCN(C)CC4)cc3)c2c1. The summed E-state index contributed by atoms with van der Waals surface area (Å²) >= 11 is 0. The molecule has 3 aromatic rings. The van der Waals surface area contributed by atoms with E-state index in [1.54, 1.807) is 12.1 Å². The summed E-state index contributed by atoms with van der Waals surface area (Å²) in [6.45, 7) is 6.30. The number of aromatic nitrogens is 1. The van der Waals surface area contributed by atoms with E-state index < -0.39 is 10.0 Å².